The maximum absolute atomic E-state index is 11.2. The highest BCUT2D eigenvalue weighted by Crippen LogP contribution is 2.15. The minimum Gasteiger partial charge on any atom is -0.387 e. The van der Waals surface area contributed by atoms with Crippen LogP contribution in [-0.4, -0.2) is 39.4 Å². The first-order valence-corrected chi connectivity index (χ1v) is 7.23. The molecule has 6 heteroatoms. The van der Waals surface area contributed by atoms with Gasteiger partial charge in [-0.2, -0.15) is 0 Å². The van der Waals surface area contributed by atoms with E-state index in [2.05, 4.69) is 5.32 Å². The fourth-order valence-electron chi connectivity index (χ4n) is 1.40. The van der Waals surface area contributed by atoms with E-state index in [1.807, 2.05) is 0 Å². The molecular formula is C11H18N2O3S. The van der Waals surface area contributed by atoms with Crippen molar-refractivity contribution < 1.29 is 13.5 Å². The van der Waals surface area contributed by atoms with Gasteiger partial charge in [0.25, 0.3) is 0 Å². The van der Waals surface area contributed by atoms with Gasteiger partial charge in [-0.15, -0.1) is 0 Å². The van der Waals surface area contributed by atoms with E-state index in [1.54, 1.807) is 12.1 Å². The molecule has 96 valence electrons. The lowest BCUT2D eigenvalue weighted by molar-refractivity contribution is 0.175. The lowest BCUT2D eigenvalue weighted by Crippen LogP contribution is -2.27. The largest absolute Gasteiger partial charge is 0.387 e. The van der Waals surface area contributed by atoms with Crippen LogP contribution in [-0.2, 0) is 9.84 Å². The Morgan fingerprint density at radius 1 is 1.35 bits per heavy atom. The Morgan fingerprint density at radius 2 is 1.94 bits per heavy atom. The van der Waals surface area contributed by atoms with Gasteiger partial charge >= 0.3 is 0 Å². The topological polar surface area (TPSA) is 92.4 Å². The van der Waals surface area contributed by atoms with Gasteiger partial charge in [-0.3, -0.25) is 0 Å². The zero-order chi connectivity index (χ0) is 12.9. The second-order valence-electron chi connectivity index (χ2n) is 3.85. The molecule has 0 spiro atoms. The van der Waals surface area contributed by atoms with E-state index in [4.69, 9.17) is 5.73 Å². The molecule has 1 aromatic rings. The van der Waals surface area contributed by atoms with Crippen molar-refractivity contribution in [1.29, 1.82) is 0 Å². The van der Waals surface area contributed by atoms with Crippen LogP contribution in [0.1, 0.15) is 11.7 Å². The summed E-state index contributed by atoms with van der Waals surface area (Å²) in [6.07, 6.45) is 0.497. The van der Waals surface area contributed by atoms with Crippen LogP contribution < -0.4 is 11.1 Å². The molecule has 0 saturated heterocycles. The summed E-state index contributed by atoms with van der Waals surface area (Å²) in [5.41, 5.74) is 5.99. The maximum Gasteiger partial charge on any atom is 0.175 e. The lowest BCUT2D eigenvalue weighted by Gasteiger charge is -2.12. The Balaban J connectivity index is 2.67. The van der Waals surface area contributed by atoms with E-state index in [0.717, 1.165) is 6.26 Å². The molecule has 1 atom stereocenters. The number of aliphatic hydroxyl groups is 1. The third kappa shape index (κ3) is 4.43. The highest BCUT2D eigenvalue weighted by atomic mass is 32.2. The van der Waals surface area contributed by atoms with E-state index in [9.17, 15) is 13.5 Å². The summed E-state index contributed by atoms with van der Waals surface area (Å²) >= 11 is 0. The minimum absolute atomic E-state index is 0.253. The quantitative estimate of drug-likeness (QED) is 0.608. The van der Waals surface area contributed by atoms with Crippen molar-refractivity contribution in [3.05, 3.63) is 29.8 Å². The standard InChI is InChI=1S/C11H18N2O3S/c1-17(15,16)10-4-2-9(3-5-10)11(14)8-13-7-6-12/h2-5,11,13-14H,6-8,12H2,1H3. The van der Waals surface area contributed by atoms with E-state index >= 15 is 0 Å². The predicted molar refractivity (Wildman–Crippen MR) is 66.4 cm³/mol. The molecule has 0 aliphatic rings. The maximum atomic E-state index is 11.2. The third-order valence-electron chi connectivity index (χ3n) is 2.35. The van der Waals surface area contributed by atoms with Crippen LogP contribution in [0.15, 0.2) is 29.2 Å². The summed E-state index contributed by atoms with van der Waals surface area (Å²) in [6.45, 7) is 1.55. The molecule has 1 aromatic carbocycles. The summed E-state index contributed by atoms with van der Waals surface area (Å²) in [5, 5.41) is 12.8. The Hall–Kier alpha value is -0.950. The number of benzene rings is 1. The monoisotopic (exact) mass is 258 g/mol. The average molecular weight is 258 g/mol. The first-order chi connectivity index (χ1) is 7.95. The molecule has 0 aliphatic heterocycles. The summed E-state index contributed by atoms with van der Waals surface area (Å²) in [4.78, 5) is 0.253. The second kappa shape index (κ2) is 6.11. The van der Waals surface area contributed by atoms with Crippen LogP contribution in [0.2, 0.25) is 0 Å². The Morgan fingerprint density at radius 3 is 2.41 bits per heavy atom. The summed E-state index contributed by atoms with van der Waals surface area (Å²) in [7, 11) is -3.18. The van der Waals surface area contributed by atoms with E-state index in [1.165, 1.54) is 12.1 Å². The zero-order valence-electron chi connectivity index (χ0n) is 9.76. The average Bonchev–Trinajstić information content (AvgIpc) is 2.28. The van der Waals surface area contributed by atoms with Gasteiger partial charge in [0.2, 0.25) is 0 Å². The lowest BCUT2D eigenvalue weighted by atomic mass is 10.1. The highest BCUT2D eigenvalue weighted by Gasteiger charge is 2.10. The molecular weight excluding hydrogens is 240 g/mol. The zero-order valence-corrected chi connectivity index (χ0v) is 10.6. The van der Waals surface area contributed by atoms with Gasteiger partial charge < -0.3 is 16.2 Å². The minimum atomic E-state index is -3.18. The molecule has 0 amide bonds. The van der Waals surface area contributed by atoms with Gasteiger partial charge in [0.1, 0.15) is 0 Å². The summed E-state index contributed by atoms with van der Waals surface area (Å²) in [5.74, 6) is 0. The van der Waals surface area contributed by atoms with E-state index in [0.29, 0.717) is 25.2 Å². The van der Waals surface area contributed by atoms with Crippen LogP contribution in [0.4, 0.5) is 0 Å². The number of sulfone groups is 1. The molecule has 17 heavy (non-hydrogen) atoms. The van der Waals surface area contributed by atoms with Gasteiger partial charge in [-0.1, -0.05) is 12.1 Å². The first kappa shape index (κ1) is 14.1. The number of nitrogens with two attached hydrogens (primary N) is 1. The number of hydrogen-bond donors (Lipinski definition) is 3. The molecule has 1 unspecified atom stereocenters. The first-order valence-electron chi connectivity index (χ1n) is 5.34. The fraction of sp³-hybridized carbons (Fsp3) is 0.455. The molecule has 0 heterocycles. The van der Waals surface area contributed by atoms with Crippen molar-refractivity contribution in [1.82, 2.24) is 5.32 Å². The molecule has 5 nitrogen and oxygen atoms in total. The molecule has 0 radical (unpaired) electrons. The number of rotatable bonds is 6. The number of aliphatic hydroxyl groups excluding tert-OH is 1. The SMILES string of the molecule is CS(=O)(=O)c1ccc(C(O)CNCCN)cc1. The van der Waals surface area contributed by atoms with Crippen molar-refractivity contribution in [2.45, 2.75) is 11.0 Å². The Bertz CT molecular complexity index is 442. The van der Waals surface area contributed by atoms with Crippen LogP contribution in [0.5, 0.6) is 0 Å². The Labute approximate surface area is 102 Å². The molecule has 4 N–H and O–H groups in total. The number of hydrogen-bond acceptors (Lipinski definition) is 5. The summed E-state index contributed by atoms with van der Waals surface area (Å²) < 4.78 is 22.5. The van der Waals surface area contributed by atoms with Gasteiger partial charge in [0, 0.05) is 25.9 Å². The van der Waals surface area contributed by atoms with Gasteiger partial charge in [0.05, 0.1) is 11.0 Å². The van der Waals surface area contributed by atoms with Crippen molar-refractivity contribution in [2.75, 3.05) is 25.9 Å². The van der Waals surface area contributed by atoms with Gasteiger partial charge in [0.15, 0.2) is 9.84 Å². The molecule has 0 aromatic heterocycles. The van der Waals surface area contributed by atoms with E-state index in [-0.39, 0.29) is 4.90 Å². The van der Waals surface area contributed by atoms with Crippen LogP contribution >= 0.6 is 0 Å². The van der Waals surface area contributed by atoms with Crippen molar-refractivity contribution in [3.63, 3.8) is 0 Å². The fourth-order valence-corrected chi connectivity index (χ4v) is 2.03. The predicted octanol–water partition coefficient (Wildman–Crippen LogP) is -0.328. The highest BCUT2D eigenvalue weighted by molar-refractivity contribution is 7.90. The molecule has 0 bridgehead atoms. The van der Waals surface area contributed by atoms with Gasteiger partial charge in [-0.25, -0.2) is 8.42 Å². The molecule has 1 rings (SSSR count). The van der Waals surface area contributed by atoms with Crippen molar-refractivity contribution >= 4 is 9.84 Å². The van der Waals surface area contributed by atoms with Crippen LogP contribution in [0.25, 0.3) is 0 Å². The van der Waals surface area contributed by atoms with E-state index < -0.39 is 15.9 Å². The Kier molecular flexibility index (Phi) is 5.07. The van der Waals surface area contributed by atoms with Crippen molar-refractivity contribution in [3.8, 4) is 0 Å². The van der Waals surface area contributed by atoms with Crippen molar-refractivity contribution in [2.24, 2.45) is 5.73 Å². The normalized spacial score (nSPS) is 13.6. The second-order valence-corrected chi connectivity index (χ2v) is 5.87. The summed E-state index contributed by atoms with van der Waals surface area (Å²) in [6, 6.07) is 6.23. The van der Waals surface area contributed by atoms with Crippen LogP contribution in [0, 0.1) is 0 Å². The molecule has 0 fully saturated rings. The number of nitrogens with one attached hydrogen (secondary N) is 1. The molecule has 0 saturated carbocycles. The third-order valence-corrected chi connectivity index (χ3v) is 3.48. The van der Waals surface area contributed by atoms with Gasteiger partial charge in [-0.05, 0) is 17.7 Å². The van der Waals surface area contributed by atoms with Crippen LogP contribution in [0.3, 0.4) is 0 Å². The smallest absolute Gasteiger partial charge is 0.175 e. The molecule has 0 aliphatic carbocycles.